The lowest BCUT2D eigenvalue weighted by Crippen LogP contribution is -2.31. The molecule has 0 radical (unpaired) electrons. The van der Waals surface area contributed by atoms with Crippen molar-refractivity contribution in [2.75, 3.05) is 19.8 Å². The van der Waals surface area contributed by atoms with Gasteiger partial charge in [-0.1, -0.05) is 64.5 Å². The van der Waals surface area contributed by atoms with E-state index >= 15 is 0 Å². The van der Waals surface area contributed by atoms with Crippen LogP contribution in [0.5, 0.6) is 5.75 Å². The summed E-state index contributed by atoms with van der Waals surface area (Å²) in [6, 6.07) is 8.32. The van der Waals surface area contributed by atoms with Crippen LogP contribution in [0.2, 0.25) is 0 Å². The van der Waals surface area contributed by atoms with E-state index in [9.17, 15) is 10.2 Å². The Labute approximate surface area is 172 Å². The van der Waals surface area contributed by atoms with Crippen molar-refractivity contribution in [2.24, 2.45) is 0 Å². The number of rotatable bonds is 17. The molecule has 0 heterocycles. The standard InChI is InChI=1S/C24H42O4/c1-4-6-7-8-9-10-11-12-21-13-15-23(16-14-21)28-18-17-27-20-22(25)19-24(3,26)5-2/h13-16,22,25-26H,4-12,17-20H2,1-3H3. The summed E-state index contributed by atoms with van der Waals surface area (Å²) in [5, 5.41) is 19.8. The van der Waals surface area contributed by atoms with Crippen LogP contribution in [0.4, 0.5) is 0 Å². The van der Waals surface area contributed by atoms with Crippen LogP contribution in [0, 0.1) is 0 Å². The third-order valence-corrected chi connectivity index (χ3v) is 5.24. The van der Waals surface area contributed by atoms with E-state index in [1.54, 1.807) is 6.92 Å². The maximum absolute atomic E-state index is 9.94. The minimum atomic E-state index is -0.837. The summed E-state index contributed by atoms with van der Waals surface area (Å²) < 4.78 is 11.1. The van der Waals surface area contributed by atoms with Crippen molar-refractivity contribution in [1.29, 1.82) is 0 Å². The molecule has 1 aromatic carbocycles. The summed E-state index contributed by atoms with van der Waals surface area (Å²) in [6.45, 7) is 6.99. The molecule has 2 unspecified atom stereocenters. The molecule has 0 spiro atoms. The van der Waals surface area contributed by atoms with Gasteiger partial charge >= 0.3 is 0 Å². The number of hydrogen-bond acceptors (Lipinski definition) is 4. The first-order valence-electron chi connectivity index (χ1n) is 11.2. The first-order chi connectivity index (χ1) is 13.5. The van der Waals surface area contributed by atoms with Crippen molar-refractivity contribution in [3.05, 3.63) is 29.8 Å². The van der Waals surface area contributed by atoms with Gasteiger partial charge < -0.3 is 19.7 Å². The van der Waals surface area contributed by atoms with Crippen LogP contribution < -0.4 is 4.74 Å². The number of hydrogen-bond donors (Lipinski definition) is 2. The predicted molar refractivity (Wildman–Crippen MR) is 116 cm³/mol. The van der Waals surface area contributed by atoms with Crippen LogP contribution in [0.1, 0.15) is 84.1 Å². The van der Waals surface area contributed by atoms with Gasteiger partial charge in [0.25, 0.3) is 0 Å². The van der Waals surface area contributed by atoms with E-state index < -0.39 is 11.7 Å². The summed E-state index contributed by atoms with van der Waals surface area (Å²) in [5.41, 5.74) is 0.527. The highest BCUT2D eigenvalue weighted by Crippen LogP contribution is 2.17. The Morgan fingerprint density at radius 2 is 1.57 bits per heavy atom. The van der Waals surface area contributed by atoms with Crippen molar-refractivity contribution in [2.45, 2.75) is 96.7 Å². The number of benzene rings is 1. The quantitative estimate of drug-likeness (QED) is 0.353. The fourth-order valence-corrected chi connectivity index (χ4v) is 3.19. The minimum absolute atomic E-state index is 0.219. The van der Waals surface area contributed by atoms with Gasteiger partial charge in [0, 0.05) is 6.42 Å². The number of aliphatic hydroxyl groups is 2. The molecule has 2 atom stereocenters. The smallest absolute Gasteiger partial charge is 0.119 e. The topological polar surface area (TPSA) is 58.9 Å². The molecule has 0 bridgehead atoms. The van der Waals surface area contributed by atoms with Crippen LogP contribution in [-0.2, 0) is 11.2 Å². The second-order valence-corrected chi connectivity index (χ2v) is 8.15. The average molecular weight is 395 g/mol. The Morgan fingerprint density at radius 1 is 0.929 bits per heavy atom. The Hall–Kier alpha value is -1.10. The van der Waals surface area contributed by atoms with Gasteiger partial charge in [0.2, 0.25) is 0 Å². The molecule has 4 nitrogen and oxygen atoms in total. The van der Waals surface area contributed by atoms with Gasteiger partial charge in [0.05, 0.1) is 24.9 Å². The largest absolute Gasteiger partial charge is 0.491 e. The van der Waals surface area contributed by atoms with Gasteiger partial charge in [0.15, 0.2) is 0 Å². The van der Waals surface area contributed by atoms with Crippen molar-refractivity contribution >= 4 is 0 Å². The summed E-state index contributed by atoms with van der Waals surface area (Å²) in [7, 11) is 0. The van der Waals surface area contributed by atoms with E-state index in [-0.39, 0.29) is 6.61 Å². The van der Waals surface area contributed by atoms with E-state index in [1.807, 2.05) is 19.1 Å². The van der Waals surface area contributed by atoms with Crippen LogP contribution in [-0.4, -0.2) is 41.7 Å². The van der Waals surface area contributed by atoms with Gasteiger partial charge in [-0.2, -0.15) is 0 Å². The second-order valence-electron chi connectivity index (χ2n) is 8.15. The highest BCUT2D eigenvalue weighted by atomic mass is 16.5. The molecule has 1 aromatic rings. The zero-order valence-electron chi connectivity index (χ0n) is 18.3. The molecule has 0 saturated heterocycles. The van der Waals surface area contributed by atoms with Crippen molar-refractivity contribution < 1.29 is 19.7 Å². The van der Waals surface area contributed by atoms with Crippen LogP contribution in [0.3, 0.4) is 0 Å². The molecule has 1 rings (SSSR count). The van der Waals surface area contributed by atoms with E-state index in [1.165, 1.54) is 50.5 Å². The second kappa shape index (κ2) is 14.8. The lowest BCUT2D eigenvalue weighted by Gasteiger charge is -2.24. The van der Waals surface area contributed by atoms with E-state index in [2.05, 4.69) is 19.1 Å². The van der Waals surface area contributed by atoms with E-state index in [4.69, 9.17) is 9.47 Å². The van der Waals surface area contributed by atoms with Gasteiger partial charge in [-0.05, 0) is 43.9 Å². The highest BCUT2D eigenvalue weighted by molar-refractivity contribution is 5.27. The zero-order chi connectivity index (χ0) is 20.7. The molecule has 0 aliphatic rings. The third kappa shape index (κ3) is 12.4. The highest BCUT2D eigenvalue weighted by Gasteiger charge is 2.22. The fraction of sp³-hybridized carbons (Fsp3) is 0.750. The van der Waals surface area contributed by atoms with Crippen LogP contribution >= 0.6 is 0 Å². The van der Waals surface area contributed by atoms with Crippen molar-refractivity contribution in [3.8, 4) is 5.75 Å². The first-order valence-corrected chi connectivity index (χ1v) is 11.2. The van der Waals surface area contributed by atoms with Gasteiger partial charge in [-0.15, -0.1) is 0 Å². The number of unbranched alkanes of at least 4 members (excludes halogenated alkanes) is 6. The molecule has 0 saturated carbocycles. The van der Waals surface area contributed by atoms with Crippen molar-refractivity contribution in [1.82, 2.24) is 0 Å². The van der Waals surface area contributed by atoms with E-state index in [0.717, 1.165) is 12.2 Å². The molecule has 0 amide bonds. The Balaban J connectivity index is 2.08. The minimum Gasteiger partial charge on any atom is -0.491 e. The lowest BCUT2D eigenvalue weighted by atomic mass is 9.96. The summed E-state index contributed by atoms with van der Waals surface area (Å²) >= 11 is 0. The lowest BCUT2D eigenvalue weighted by molar-refractivity contribution is -0.0356. The number of aliphatic hydroxyl groups excluding tert-OH is 1. The maximum Gasteiger partial charge on any atom is 0.119 e. The molecule has 0 aromatic heterocycles. The van der Waals surface area contributed by atoms with Gasteiger partial charge in [-0.25, -0.2) is 0 Å². The predicted octanol–water partition coefficient (Wildman–Crippen LogP) is 5.29. The molecule has 162 valence electrons. The van der Waals surface area contributed by atoms with Crippen LogP contribution in [0.25, 0.3) is 0 Å². The van der Waals surface area contributed by atoms with Crippen LogP contribution in [0.15, 0.2) is 24.3 Å². The molecular weight excluding hydrogens is 352 g/mol. The first kappa shape index (κ1) is 24.9. The Kier molecular flexibility index (Phi) is 13.2. The Morgan fingerprint density at radius 3 is 2.21 bits per heavy atom. The monoisotopic (exact) mass is 394 g/mol. The van der Waals surface area contributed by atoms with Crippen molar-refractivity contribution in [3.63, 3.8) is 0 Å². The molecule has 0 aliphatic carbocycles. The maximum atomic E-state index is 9.94. The zero-order valence-corrected chi connectivity index (χ0v) is 18.3. The molecule has 4 heteroatoms. The molecule has 0 fully saturated rings. The molecule has 2 N–H and O–H groups in total. The Bertz CT molecular complexity index is 484. The average Bonchev–Trinajstić information content (AvgIpc) is 2.67. The molecule has 28 heavy (non-hydrogen) atoms. The third-order valence-electron chi connectivity index (χ3n) is 5.24. The number of aryl methyl sites for hydroxylation is 1. The van der Waals surface area contributed by atoms with E-state index in [0.29, 0.717) is 26.1 Å². The van der Waals surface area contributed by atoms with Gasteiger partial charge in [-0.3, -0.25) is 0 Å². The number of ether oxygens (including phenoxy) is 2. The summed E-state index contributed by atoms with van der Waals surface area (Å²) in [4.78, 5) is 0. The summed E-state index contributed by atoms with van der Waals surface area (Å²) in [5.74, 6) is 0.849. The molecular formula is C24H42O4. The summed E-state index contributed by atoms with van der Waals surface area (Å²) in [6.07, 6.45) is 10.8. The van der Waals surface area contributed by atoms with Gasteiger partial charge in [0.1, 0.15) is 12.4 Å². The normalized spacial score (nSPS) is 14.6. The SMILES string of the molecule is CCCCCCCCCc1ccc(OCCOCC(O)CC(C)(O)CC)cc1. The molecule has 0 aliphatic heterocycles. The fourth-order valence-electron chi connectivity index (χ4n) is 3.19.